The van der Waals surface area contributed by atoms with Gasteiger partial charge in [-0.1, -0.05) is 0 Å². The monoisotopic (exact) mass is 318 g/mol. The minimum atomic E-state index is -0.226. The van der Waals surface area contributed by atoms with Crippen molar-refractivity contribution < 1.29 is 5.11 Å². The predicted molar refractivity (Wildman–Crippen MR) is 91.3 cm³/mol. The van der Waals surface area contributed by atoms with Gasteiger partial charge in [0.1, 0.15) is 23.2 Å². The molecule has 118 valence electrons. The summed E-state index contributed by atoms with van der Waals surface area (Å²) in [4.78, 5) is 18.3. The van der Waals surface area contributed by atoms with Crippen LogP contribution < -0.4 is 11.3 Å². The van der Waals surface area contributed by atoms with Crippen molar-refractivity contribution in [1.29, 1.82) is 5.26 Å². The quantitative estimate of drug-likeness (QED) is 0.671. The number of nitriles is 1. The van der Waals surface area contributed by atoms with Gasteiger partial charge in [0.15, 0.2) is 0 Å². The smallest absolute Gasteiger partial charge is 0.247 e. The van der Waals surface area contributed by atoms with Crippen molar-refractivity contribution in [2.75, 3.05) is 5.73 Å². The fourth-order valence-electron chi connectivity index (χ4n) is 2.63. The van der Waals surface area contributed by atoms with Crippen LogP contribution in [0.25, 0.3) is 22.4 Å². The third kappa shape index (κ3) is 2.59. The van der Waals surface area contributed by atoms with E-state index in [1.807, 2.05) is 6.92 Å². The largest absolute Gasteiger partial charge is 0.508 e. The molecule has 24 heavy (non-hydrogen) atoms. The molecule has 4 N–H and O–H groups in total. The molecule has 3 aromatic rings. The lowest BCUT2D eigenvalue weighted by Gasteiger charge is -2.15. The molecule has 2 heterocycles. The number of nitrogens with zero attached hydrogens (tertiary/aromatic N) is 2. The van der Waals surface area contributed by atoms with E-state index in [-0.39, 0.29) is 22.7 Å². The molecule has 0 radical (unpaired) electrons. The highest BCUT2D eigenvalue weighted by molar-refractivity contribution is 5.83. The van der Waals surface area contributed by atoms with Crippen LogP contribution in [-0.2, 0) is 0 Å². The fourth-order valence-corrected chi connectivity index (χ4v) is 2.63. The molecular formula is C18H14N4O2. The molecule has 2 aromatic heterocycles. The number of aromatic hydroxyl groups is 1. The van der Waals surface area contributed by atoms with Gasteiger partial charge in [-0.2, -0.15) is 5.26 Å². The molecule has 0 aliphatic heterocycles. The number of nitrogens with two attached hydrogens (primary N) is 1. The number of H-pyrrole nitrogens is 1. The summed E-state index contributed by atoms with van der Waals surface area (Å²) in [6.45, 7) is 1.84. The van der Waals surface area contributed by atoms with E-state index < -0.39 is 0 Å². The second-order valence-corrected chi connectivity index (χ2v) is 5.32. The highest BCUT2D eigenvalue weighted by atomic mass is 16.3. The maximum atomic E-state index is 11.3. The van der Waals surface area contributed by atoms with Crippen molar-refractivity contribution in [2.45, 2.75) is 6.92 Å². The average molecular weight is 318 g/mol. The molecule has 0 fully saturated rings. The molecule has 0 bridgehead atoms. The van der Waals surface area contributed by atoms with Crippen LogP contribution >= 0.6 is 0 Å². The Morgan fingerprint density at radius 2 is 1.83 bits per heavy atom. The molecule has 3 rings (SSSR count). The van der Waals surface area contributed by atoms with Crippen LogP contribution in [0.4, 0.5) is 5.82 Å². The normalized spacial score (nSPS) is 10.3. The molecule has 0 aliphatic carbocycles. The van der Waals surface area contributed by atoms with Gasteiger partial charge in [0.2, 0.25) is 5.56 Å². The van der Waals surface area contributed by atoms with Crippen LogP contribution in [0.15, 0.2) is 47.4 Å². The van der Waals surface area contributed by atoms with E-state index in [4.69, 9.17) is 5.73 Å². The molecule has 0 aliphatic rings. The summed E-state index contributed by atoms with van der Waals surface area (Å²) in [5.41, 5.74) is 9.48. The maximum absolute atomic E-state index is 11.3. The topological polar surface area (TPSA) is 116 Å². The summed E-state index contributed by atoms with van der Waals surface area (Å²) >= 11 is 0. The third-order valence-corrected chi connectivity index (χ3v) is 3.79. The van der Waals surface area contributed by atoms with Gasteiger partial charge in [-0.25, -0.2) is 4.98 Å². The Labute approximate surface area is 137 Å². The lowest BCUT2D eigenvalue weighted by molar-refractivity contribution is 0.475. The van der Waals surface area contributed by atoms with Crippen LogP contribution in [0.2, 0.25) is 0 Å². The van der Waals surface area contributed by atoms with Crippen molar-refractivity contribution in [3.8, 4) is 34.2 Å². The van der Waals surface area contributed by atoms with Crippen molar-refractivity contribution in [1.82, 2.24) is 9.97 Å². The van der Waals surface area contributed by atoms with E-state index >= 15 is 0 Å². The number of aromatic amines is 1. The van der Waals surface area contributed by atoms with Gasteiger partial charge in [0.05, 0.1) is 5.69 Å². The number of phenols is 1. The van der Waals surface area contributed by atoms with E-state index in [0.29, 0.717) is 16.8 Å². The number of rotatable bonds is 2. The number of aromatic nitrogens is 2. The zero-order valence-electron chi connectivity index (χ0n) is 12.9. The van der Waals surface area contributed by atoms with Gasteiger partial charge in [0.25, 0.3) is 0 Å². The van der Waals surface area contributed by atoms with Crippen LogP contribution in [0.1, 0.15) is 11.1 Å². The van der Waals surface area contributed by atoms with Crippen LogP contribution in [0.5, 0.6) is 5.75 Å². The Hall–Kier alpha value is -3.59. The zero-order chi connectivity index (χ0) is 17.3. The number of benzene rings is 1. The summed E-state index contributed by atoms with van der Waals surface area (Å²) < 4.78 is 0. The van der Waals surface area contributed by atoms with Crippen molar-refractivity contribution >= 4 is 5.82 Å². The van der Waals surface area contributed by atoms with Gasteiger partial charge >= 0.3 is 0 Å². The number of hydrogen-bond donors (Lipinski definition) is 3. The number of hydrogen-bond acceptors (Lipinski definition) is 5. The lowest BCUT2D eigenvalue weighted by Crippen LogP contribution is -2.06. The Bertz CT molecular complexity index is 994. The first-order valence-corrected chi connectivity index (χ1v) is 7.20. The first-order valence-electron chi connectivity index (χ1n) is 7.20. The summed E-state index contributed by atoms with van der Waals surface area (Å²) in [7, 11) is 0. The van der Waals surface area contributed by atoms with Gasteiger partial charge in [-0.3, -0.25) is 4.79 Å². The Morgan fingerprint density at radius 3 is 2.42 bits per heavy atom. The van der Waals surface area contributed by atoms with Crippen LogP contribution in [0.3, 0.4) is 0 Å². The molecule has 0 spiro atoms. The zero-order valence-corrected chi connectivity index (χ0v) is 12.9. The van der Waals surface area contributed by atoms with Crippen molar-refractivity contribution in [3.63, 3.8) is 0 Å². The number of anilines is 1. The first-order chi connectivity index (χ1) is 11.5. The number of nitrogens with one attached hydrogen (secondary N) is 1. The number of pyridine rings is 2. The van der Waals surface area contributed by atoms with E-state index in [9.17, 15) is 15.2 Å². The molecule has 1 aromatic carbocycles. The second kappa shape index (κ2) is 5.89. The predicted octanol–water partition coefficient (Wildman–Crippen LogP) is 2.57. The van der Waals surface area contributed by atoms with Crippen molar-refractivity contribution in [3.05, 3.63) is 64.1 Å². The molecule has 0 amide bonds. The molecular weight excluding hydrogens is 304 g/mol. The highest BCUT2D eigenvalue weighted by Crippen LogP contribution is 2.35. The maximum Gasteiger partial charge on any atom is 0.247 e. The summed E-state index contributed by atoms with van der Waals surface area (Å²) in [6, 6.07) is 11.7. The summed E-state index contributed by atoms with van der Waals surface area (Å²) in [5.74, 6) is 0.270. The molecule has 0 saturated heterocycles. The summed E-state index contributed by atoms with van der Waals surface area (Å²) in [6.07, 6.45) is 1.55. The van der Waals surface area contributed by atoms with Gasteiger partial charge in [-0.15, -0.1) is 0 Å². The van der Waals surface area contributed by atoms with E-state index in [2.05, 4.69) is 16.0 Å². The minimum Gasteiger partial charge on any atom is -0.508 e. The Kier molecular flexibility index (Phi) is 3.76. The Morgan fingerprint density at radius 1 is 1.17 bits per heavy atom. The Balaban J connectivity index is 2.31. The molecule has 6 heteroatoms. The molecule has 0 atom stereocenters. The second-order valence-electron chi connectivity index (χ2n) is 5.32. The average Bonchev–Trinajstić information content (AvgIpc) is 2.58. The standard InChI is InChI=1S/C18H14N4O2/c1-10-16(12-4-7-15(24)21-9-12)14(8-19)18(20)22-17(10)11-2-5-13(23)6-3-11/h2-7,9,23H,1H3,(H2,20,22)(H,21,24). The van der Waals surface area contributed by atoms with Crippen LogP contribution in [-0.4, -0.2) is 15.1 Å². The lowest BCUT2D eigenvalue weighted by atomic mass is 9.93. The van der Waals surface area contributed by atoms with E-state index in [1.54, 1.807) is 36.5 Å². The number of phenolic OH excluding ortho intramolecular Hbond substituents is 1. The van der Waals surface area contributed by atoms with Gasteiger partial charge in [0, 0.05) is 23.4 Å². The first kappa shape index (κ1) is 15.3. The van der Waals surface area contributed by atoms with Crippen molar-refractivity contribution in [2.24, 2.45) is 0 Å². The highest BCUT2D eigenvalue weighted by Gasteiger charge is 2.18. The van der Waals surface area contributed by atoms with E-state index in [1.165, 1.54) is 6.07 Å². The fraction of sp³-hybridized carbons (Fsp3) is 0.0556. The third-order valence-electron chi connectivity index (χ3n) is 3.79. The SMILES string of the molecule is Cc1c(-c2ccc(O)cc2)nc(N)c(C#N)c1-c1ccc(=O)[nH]c1. The van der Waals surface area contributed by atoms with Gasteiger partial charge in [-0.05, 0) is 48.4 Å². The molecule has 0 unspecified atom stereocenters. The number of nitrogen functional groups attached to an aromatic ring is 1. The molecule has 0 saturated carbocycles. The van der Waals surface area contributed by atoms with Crippen LogP contribution in [0, 0.1) is 18.3 Å². The van der Waals surface area contributed by atoms with Gasteiger partial charge < -0.3 is 15.8 Å². The summed E-state index contributed by atoms with van der Waals surface area (Å²) in [5, 5.41) is 18.9. The molecule has 6 nitrogen and oxygen atoms in total. The van der Waals surface area contributed by atoms with E-state index in [0.717, 1.165) is 11.1 Å². The minimum absolute atomic E-state index is 0.118.